The summed E-state index contributed by atoms with van der Waals surface area (Å²) in [5.41, 5.74) is 1.70. The second-order valence-corrected chi connectivity index (χ2v) is 6.63. The Morgan fingerprint density at radius 2 is 1.84 bits per heavy atom. The Morgan fingerprint density at radius 3 is 2.64 bits per heavy atom. The maximum absolute atomic E-state index is 12.0. The highest BCUT2D eigenvalue weighted by Crippen LogP contribution is 2.17. The van der Waals surface area contributed by atoms with Crippen molar-refractivity contribution in [3.63, 3.8) is 0 Å². The topological polar surface area (TPSA) is 73.2 Å². The van der Waals surface area contributed by atoms with Crippen LogP contribution in [0.25, 0.3) is 11.0 Å². The molecule has 6 heteroatoms. The largest absolute Gasteiger partial charge is 0.454 e. The molecule has 0 aliphatic heterocycles. The lowest BCUT2D eigenvalue weighted by Gasteiger charge is -2.20. The molecular weight excluding hydrogens is 318 g/mol. The average molecular weight is 343 g/mol. The number of para-hydroxylation sites is 2. The third kappa shape index (κ3) is 5.05. The first-order chi connectivity index (χ1) is 12.2. The van der Waals surface area contributed by atoms with Gasteiger partial charge in [-0.3, -0.25) is 9.59 Å². The molecule has 134 valence electrons. The van der Waals surface area contributed by atoms with Gasteiger partial charge in [-0.1, -0.05) is 44.2 Å². The highest BCUT2D eigenvalue weighted by Gasteiger charge is 2.15. The summed E-state index contributed by atoms with van der Waals surface area (Å²) in [7, 11) is 0. The third-order valence-corrected chi connectivity index (χ3v) is 4.66. The van der Waals surface area contributed by atoms with E-state index in [0.29, 0.717) is 0 Å². The van der Waals surface area contributed by atoms with Crippen LogP contribution in [0.2, 0.25) is 0 Å². The molecule has 1 fully saturated rings. The minimum Gasteiger partial charge on any atom is -0.454 e. The number of benzene rings is 1. The summed E-state index contributed by atoms with van der Waals surface area (Å²) in [5, 5.41) is 3.00. The van der Waals surface area contributed by atoms with E-state index in [2.05, 4.69) is 10.3 Å². The van der Waals surface area contributed by atoms with Gasteiger partial charge in [0.1, 0.15) is 6.54 Å². The molecule has 0 saturated heterocycles. The lowest BCUT2D eigenvalue weighted by molar-refractivity contribution is -0.149. The molecular formula is C19H25N3O3. The Labute approximate surface area is 147 Å². The summed E-state index contributed by atoms with van der Waals surface area (Å²) in [5.74, 6) is -0.648. The fourth-order valence-corrected chi connectivity index (χ4v) is 3.34. The molecule has 1 aliphatic rings. The SMILES string of the molecule is O=C(COC(=O)Cn1cnc2ccccc21)NC1CCCCCCC1. The van der Waals surface area contributed by atoms with Crippen molar-refractivity contribution < 1.29 is 14.3 Å². The Balaban J connectivity index is 1.44. The van der Waals surface area contributed by atoms with Crippen molar-refractivity contribution in [2.45, 2.75) is 57.5 Å². The first kappa shape index (κ1) is 17.5. The fourth-order valence-electron chi connectivity index (χ4n) is 3.34. The van der Waals surface area contributed by atoms with E-state index in [4.69, 9.17) is 4.74 Å². The van der Waals surface area contributed by atoms with Crippen molar-refractivity contribution in [2.24, 2.45) is 0 Å². The zero-order chi connectivity index (χ0) is 17.5. The number of ether oxygens (including phenoxy) is 1. The molecule has 25 heavy (non-hydrogen) atoms. The van der Waals surface area contributed by atoms with Crippen molar-refractivity contribution in [3.05, 3.63) is 30.6 Å². The second kappa shape index (κ2) is 8.65. The molecule has 0 radical (unpaired) electrons. The Morgan fingerprint density at radius 1 is 1.12 bits per heavy atom. The van der Waals surface area contributed by atoms with Crippen LogP contribution in [0.3, 0.4) is 0 Å². The monoisotopic (exact) mass is 343 g/mol. The third-order valence-electron chi connectivity index (χ3n) is 4.66. The number of imidazole rings is 1. The Bertz CT molecular complexity index is 718. The number of carbonyl (C=O) groups is 2. The summed E-state index contributed by atoms with van der Waals surface area (Å²) < 4.78 is 6.85. The number of nitrogens with zero attached hydrogens (tertiary/aromatic N) is 2. The molecule has 1 heterocycles. The second-order valence-electron chi connectivity index (χ2n) is 6.63. The first-order valence-electron chi connectivity index (χ1n) is 9.07. The lowest BCUT2D eigenvalue weighted by Crippen LogP contribution is -2.38. The molecule has 6 nitrogen and oxygen atoms in total. The van der Waals surface area contributed by atoms with Crippen LogP contribution in [0.15, 0.2) is 30.6 Å². The molecule has 1 aliphatic carbocycles. The van der Waals surface area contributed by atoms with Gasteiger partial charge >= 0.3 is 5.97 Å². The number of nitrogens with one attached hydrogen (secondary N) is 1. The van der Waals surface area contributed by atoms with Gasteiger partial charge in [-0.15, -0.1) is 0 Å². The minimum atomic E-state index is -0.434. The van der Waals surface area contributed by atoms with Crippen LogP contribution in [0.4, 0.5) is 0 Å². The number of fused-ring (bicyclic) bond motifs is 1. The molecule has 1 amide bonds. The molecule has 1 aromatic carbocycles. The van der Waals surface area contributed by atoms with Gasteiger partial charge in [0, 0.05) is 6.04 Å². The van der Waals surface area contributed by atoms with Crippen LogP contribution in [0.1, 0.15) is 44.9 Å². The van der Waals surface area contributed by atoms with Gasteiger partial charge in [0.15, 0.2) is 6.61 Å². The molecule has 0 unspecified atom stereocenters. The summed E-state index contributed by atoms with van der Waals surface area (Å²) in [6.07, 6.45) is 9.71. The van der Waals surface area contributed by atoms with Crippen LogP contribution in [0, 0.1) is 0 Å². The van der Waals surface area contributed by atoms with Crippen molar-refractivity contribution in [2.75, 3.05) is 6.61 Å². The predicted octanol–water partition coefficient (Wildman–Crippen LogP) is 2.81. The normalized spacial score (nSPS) is 16.2. The summed E-state index contributed by atoms with van der Waals surface area (Å²) >= 11 is 0. The van der Waals surface area contributed by atoms with Crippen molar-refractivity contribution in [1.82, 2.24) is 14.9 Å². The van der Waals surface area contributed by atoms with E-state index in [-0.39, 0.29) is 25.1 Å². The number of esters is 1. The molecule has 1 saturated carbocycles. The predicted molar refractivity (Wildman–Crippen MR) is 94.9 cm³/mol. The van der Waals surface area contributed by atoms with Gasteiger partial charge in [0.25, 0.3) is 5.91 Å². The number of rotatable bonds is 5. The number of carbonyl (C=O) groups excluding carboxylic acids is 2. The highest BCUT2D eigenvalue weighted by molar-refractivity contribution is 5.81. The van der Waals surface area contributed by atoms with E-state index < -0.39 is 5.97 Å². The summed E-state index contributed by atoms with van der Waals surface area (Å²) in [6.45, 7) is -0.167. The van der Waals surface area contributed by atoms with Crippen LogP contribution < -0.4 is 5.32 Å². The maximum Gasteiger partial charge on any atom is 0.326 e. The van der Waals surface area contributed by atoms with E-state index in [1.165, 1.54) is 19.3 Å². The molecule has 2 aromatic rings. The van der Waals surface area contributed by atoms with Crippen molar-refractivity contribution in [1.29, 1.82) is 0 Å². The number of aromatic nitrogens is 2. The van der Waals surface area contributed by atoms with Gasteiger partial charge in [0.2, 0.25) is 0 Å². The van der Waals surface area contributed by atoms with E-state index in [0.717, 1.165) is 36.7 Å². The van der Waals surface area contributed by atoms with Gasteiger partial charge in [0.05, 0.1) is 17.4 Å². The van der Waals surface area contributed by atoms with Gasteiger partial charge in [-0.05, 0) is 25.0 Å². The van der Waals surface area contributed by atoms with Gasteiger partial charge in [-0.25, -0.2) is 4.98 Å². The van der Waals surface area contributed by atoms with E-state index >= 15 is 0 Å². The molecule has 0 atom stereocenters. The Kier molecular flexibility index (Phi) is 6.04. The first-order valence-corrected chi connectivity index (χ1v) is 9.07. The Hall–Kier alpha value is -2.37. The van der Waals surface area contributed by atoms with Gasteiger partial charge in [-0.2, -0.15) is 0 Å². The molecule has 0 bridgehead atoms. The van der Waals surface area contributed by atoms with Crippen molar-refractivity contribution >= 4 is 22.9 Å². The zero-order valence-corrected chi connectivity index (χ0v) is 14.4. The number of hydrogen-bond donors (Lipinski definition) is 1. The average Bonchev–Trinajstić information content (AvgIpc) is 2.98. The zero-order valence-electron chi connectivity index (χ0n) is 14.4. The smallest absolute Gasteiger partial charge is 0.326 e. The van der Waals surface area contributed by atoms with E-state index in [1.54, 1.807) is 10.9 Å². The lowest BCUT2D eigenvalue weighted by atomic mass is 9.97. The quantitative estimate of drug-likeness (QED) is 0.847. The van der Waals surface area contributed by atoms with Crippen LogP contribution in [-0.2, 0) is 20.9 Å². The molecule has 1 N–H and O–H groups in total. The molecule has 3 rings (SSSR count). The molecule has 1 aromatic heterocycles. The van der Waals surface area contributed by atoms with Crippen LogP contribution in [0.5, 0.6) is 0 Å². The summed E-state index contributed by atoms with van der Waals surface area (Å²) in [4.78, 5) is 28.3. The minimum absolute atomic E-state index is 0.0528. The summed E-state index contributed by atoms with van der Waals surface area (Å²) in [6, 6.07) is 7.80. The number of amides is 1. The van der Waals surface area contributed by atoms with E-state index in [1.807, 2.05) is 24.3 Å². The van der Waals surface area contributed by atoms with Gasteiger partial charge < -0.3 is 14.6 Å². The fraction of sp³-hybridized carbons (Fsp3) is 0.526. The van der Waals surface area contributed by atoms with Crippen LogP contribution >= 0.6 is 0 Å². The van der Waals surface area contributed by atoms with E-state index in [9.17, 15) is 9.59 Å². The standard InChI is InChI=1S/C19H25N3O3/c23-18(21-15-8-4-2-1-3-5-9-15)13-25-19(24)12-22-14-20-16-10-6-7-11-17(16)22/h6-7,10-11,14-15H,1-5,8-9,12-13H2,(H,21,23). The maximum atomic E-state index is 12.0. The van der Waals surface area contributed by atoms with Crippen molar-refractivity contribution in [3.8, 4) is 0 Å². The molecule has 0 spiro atoms. The number of hydrogen-bond acceptors (Lipinski definition) is 4. The van der Waals surface area contributed by atoms with Crippen LogP contribution in [-0.4, -0.2) is 34.1 Å². The highest BCUT2D eigenvalue weighted by atomic mass is 16.5.